The molecular weight excluding hydrogens is 434 g/mol. The molecule has 2 aromatic rings. The van der Waals surface area contributed by atoms with Crippen LogP contribution in [-0.4, -0.2) is 52.5 Å². The molecule has 1 aromatic carbocycles. The van der Waals surface area contributed by atoms with Gasteiger partial charge in [-0.05, 0) is 5.56 Å². The van der Waals surface area contributed by atoms with E-state index in [1.54, 1.807) is 17.0 Å². The SMILES string of the molecule is O=C(Cc1ccc(-c2noc(C(F)(F)F)n2)cc1)N1CCC(=NOCC(F)(F)F)CC1. The molecule has 31 heavy (non-hydrogen) atoms. The number of carbonyl (C=O) groups is 1. The normalized spacial score (nSPS) is 15.2. The minimum atomic E-state index is -4.74. The lowest BCUT2D eigenvalue weighted by Gasteiger charge is -2.27. The molecule has 0 atom stereocenters. The Balaban J connectivity index is 1.51. The van der Waals surface area contributed by atoms with E-state index >= 15 is 0 Å². The minimum absolute atomic E-state index is 0.0530. The number of benzene rings is 1. The number of oxime groups is 1. The zero-order chi connectivity index (χ0) is 22.6. The lowest BCUT2D eigenvalue weighted by Crippen LogP contribution is -2.39. The maximum atomic E-state index is 12.5. The van der Waals surface area contributed by atoms with Crippen LogP contribution >= 0.6 is 0 Å². The highest BCUT2D eigenvalue weighted by Crippen LogP contribution is 2.29. The fraction of sp³-hybridized carbons (Fsp3) is 0.444. The summed E-state index contributed by atoms with van der Waals surface area (Å²) in [6.07, 6.45) is -8.52. The van der Waals surface area contributed by atoms with Crippen molar-refractivity contribution < 1.29 is 40.5 Å². The Bertz CT molecular complexity index is 927. The summed E-state index contributed by atoms with van der Waals surface area (Å²) in [5.74, 6) is -1.86. The number of hydrogen-bond acceptors (Lipinski definition) is 6. The van der Waals surface area contributed by atoms with Gasteiger partial charge in [-0.2, -0.15) is 31.3 Å². The third-order valence-electron chi connectivity index (χ3n) is 4.35. The second kappa shape index (κ2) is 8.94. The molecule has 0 bridgehead atoms. The first kappa shape index (κ1) is 22.6. The molecule has 13 heteroatoms. The highest BCUT2D eigenvalue weighted by molar-refractivity contribution is 5.87. The molecule has 1 fully saturated rings. The largest absolute Gasteiger partial charge is 0.471 e. The summed E-state index contributed by atoms with van der Waals surface area (Å²) >= 11 is 0. The van der Waals surface area contributed by atoms with E-state index in [4.69, 9.17) is 0 Å². The maximum Gasteiger partial charge on any atom is 0.471 e. The lowest BCUT2D eigenvalue weighted by molar-refractivity contribution is -0.173. The van der Waals surface area contributed by atoms with E-state index in [-0.39, 0.29) is 18.2 Å². The van der Waals surface area contributed by atoms with Crippen molar-refractivity contribution in [1.29, 1.82) is 0 Å². The van der Waals surface area contributed by atoms with Crippen LogP contribution in [0.25, 0.3) is 11.4 Å². The van der Waals surface area contributed by atoms with Gasteiger partial charge in [0.05, 0.1) is 12.1 Å². The van der Waals surface area contributed by atoms with Gasteiger partial charge in [-0.25, -0.2) is 0 Å². The summed E-state index contributed by atoms with van der Waals surface area (Å²) in [6.45, 7) is -0.862. The Morgan fingerprint density at radius 1 is 1.10 bits per heavy atom. The smallest absolute Gasteiger partial charge is 0.386 e. The monoisotopic (exact) mass is 450 g/mol. The fourth-order valence-corrected chi connectivity index (χ4v) is 2.82. The third-order valence-corrected chi connectivity index (χ3v) is 4.35. The van der Waals surface area contributed by atoms with Crippen molar-refractivity contribution in [2.75, 3.05) is 19.7 Å². The van der Waals surface area contributed by atoms with Gasteiger partial charge in [0.1, 0.15) is 0 Å². The van der Waals surface area contributed by atoms with Crippen molar-refractivity contribution in [2.45, 2.75) is 31.6 Å². The summed E-state index contributed by atoms with van der Waals surface area (Å²) < 4.78 is 77.9. The highest BCUT2D eigenvalue weighted by atomic mass is 19.4. The molecule has 0 radical (unpaired) electrons. The number of rotatable bonds is 5. The maximum absolute atomic E-state index is 12.5. The van der Waals surface area contributed by atoms with Crippen LogP contribution in [0.3, 0.4) is 0 Å². The first-order chi connectivity index (χ1) is 14.5. The molecule has 7 nitrogen and oxygen atoms in total. The zero-order valence-electron chi connectivity index (χ0n) is 15.8. The molecule has 0 spiro atoms. The van der Waals surface area contributed by atoms with E-state index < -0.39 is 24.9 Å². The van der Waals surface area contributed by atoms with E-state index in [1.165, 1.54) is 12.1 Å². The summed E-state index contributed by atoms with van der Waals surface area (Å²) in [6, 6.07) is 6.09. The van der Waals surface area contributed by atoms with Crippen molar-refractivity contribution in [3.8, 4) is 11.4 Å². The van der Waals surface area contributed by atoms with E-state index in [1.807, 2.05) is 0 Å². The number of piperidine rings is 1. The number of nitrogens with zero attached hydrogens (tertiary/aromatic N) is 4. The lowest BCUT2D eigenvalue weighted by atomic mass is 10.1. The molecule has 2 heterocycles. The fourth-order valence-electron chi connectivity index (χ4n) is 2.82. The van der Waals surface area contributed by atoms with Gasteiger partial charge in [0.2, 0.25) is 18.3 Å². The molecule has 168 valence electrons. The van der Waals surface area contributed by atoms with Crippen LogP contribution in [0.2, 0.25) is 0 Å². The summed E-state index contributed by atoms with van der Waals surface area (Å²) in [5.41, 5.74) is 1.38. The molecule has 0 N–H and O–H groups in total. The van der Waals surface area contributed by atoms with Crippen molar-refractivity contribution in [2.24, 2.45) is 5.16 Å². The van der Waals surface area contributed by atoms with Crippen molar-refractivity contribution in [3.05, 3.63) is 35.7 Å². The van der Waals surface area contributed by atoms with Crippen LogP contribution in [0, 0.1) is 0 Å². The number of halogens is 6. The molecule has 1 aliphatic rings. The summed E-state index contributed by atoms with van der Waals surface area (Å²) in [4.78, 5) is 21.6. The Morgan fingerprint density at radius 3 is 2.29 bits per heavy atom. The highest BCUT2D eigenvalue weighted by Gasteiger charge is 2.38. The Kier molecular flexibility index (Phi) is 6.51. The average Bonchev–Trinajstić information content (AvgIpc) is 3.19. The number of hydrogen-bond donors (Lipinski definition) is 0. The van der Waals surface area contributed by atoms with Crippen LogP contribution in [0.4, 0.5) is 26.3 Å². The predicted octanol–water partition coefficient (Wildman–Crippen LogP) is 3.86. The van der Waals surface area contributed by atoms with Crippen molar-refractivity contribution in [1.82, 2.24) is 15.0 Å². The molecule has 0 saturated carbocycles. The van der Waals surface area contributed by atoms with Crippen LogP contribution in [0.15, 0.2) is 33.9 Å². The Hall–Kier alpha value is -3.12. The first-order valence-electron chi connectivity index (χ1n) is 9.04. The van der Waals surface area contributed by atoms with E-state index in [0.717, 1.165) is 0 Å². The second-order valence-corrected chi connectivity index (χ2v) is 6.72. The van der Waals surface area contributed by atoms with E-state index in [0.29, 0.717) is 42.8 Å². The van der Waals surface area contributed by atoms with Gasteiger partial charge in [-0.3, -0.25) is 4.79 Å². The van der Waals surface area contributed by atoms with Gasteiger partial charge in [0.25, 0.3) is 0 Å². The molecule has 1 saturated heterocycles. The number of carbonyl (C=O) groups excluding carboxylic acids is 1. The molecule has 1 amide bonds. The predicted molar refractivity (Wildman–Crippen MR) is 93.7 cm³/mol. The van der Waals surface area contributed by atoms with Crippen LogP contribution in [0.1, 0.15) is 24.3 Å². The van der Waals surface area contributed by atoms with E-state index in [9.17, 15) is 31.1 Å². The van der Waals surface area contributed by atoms with E-state index in [2.05, 4.69) is 24.7 Å². The molecule has 3 rings (SSSR count). The van der Waals surface area contributed by atoms with Gasteiger partial charge in [0, 0.05) is 31.5 Å². The van der Waals surface area contributed by atoms with Gasteiger partial charge in [-0.15, -0.1) is 0 Å². The molecule has 1 aromatic heterocycles. The van der Waals surface area contributed by atoms with Crippen LogP contribution in [0.5, 0.6) is 0 Å². The number of likely N-dealkylation sites (tertiary alicyclic amines) is 1. The molecular formula is C18H16F6N4O3. The average molecular weight is 450 g/mol. The number of alkyl halides is 6. The third kappa shape index (κ3) is 6.43. The van der Waals surface area contributed by atoms with Gasteiger partial charge in [-0.1, -0.05) is 34.6 Å². The quantitative estimate of drug-likeness (QED) is 0.511. The van der Waals surface area contributed by atoms with Gasteiger partial charge in [0.15, 0.2) is 0 Å². The van der Waals surface area contributed by atoms with Gasteiger partial charge < -0.3 is 14.3 Å². The minimum Gasteiger partial charge on any atom is -0.386 e. The first-order valence-corrected chi connectivity index (χ1v) is 9.04. The summed E-state index contributed by atoms with van der Waals surface area (Å²) in [7, 11) is 0. The molecule has 0 unspecified atom stereocenters. The number of aromatic nitrogens is 2. The van der Waals surface area contributed by atoms with Crippen LogP contribution in [-0.2, 0) is 22.2 Å². The Morgan fingerprint density at radius 2 is 1.74 bits per heavy atom. The molecule has 1 aliphatic heterocycles. The zero-order valence-corrected chi connectivity index (χ0v) is 15.8. The second-order valence-electron chi connectivity index (χ2n) is 6.72. The van der Waals surface area contributed by atoms with Crippen molar-refractivity contribution >= 4 is 11.6 Å². The number of amides is 1. The van der Waals surface area contributed by atoms with Crippen LogP contribution < -0.4 is 0 Å². The standard InChI is InChI=1S/C18H16F6N4O3/c19-17(20,21)10-30-26-13-5-7-28(8-6-13)14(29)9-11-1-3-12(4-2-11)15-25-16(31-27-15)18(22,23)24/h1-4H,5-10H2. The summed E-state index contributed by atoms with van der Waals surface area (Å²) in [5, 5.41) is 6.76. The molecule has 0 aliphatic carbocycles. The van der Waals surface area contributed by atoms with Gasteiger partial charge >= 0.3 is 18.2 Å². The van der Waals surface area contributed by atoms with Crippen molar-refractivity contribution in [3.63, 3.8) is 0 Å². The topological polar surface area (TPSA) is 80.8 Å². The Labute approximate surface area is 171 Å².